The van der Waals surface area contributed by atoms with Crippen molar-refractivity contribution in [2.24, 2.45) is 112 Å². The molecule has 5 aliphatic heterocycles. The van der Waals surface area contributed by atoms with Gasteiger partial charge in [0.25, 0.3) is 0 Å². The van der Waals surface area contributed by atoms with Crippen LogP contribution in [0.3, 0.4) is 0 Å². The maximum absolute atomic E-state index is 12.5. The van der Waals surface area contributed by atoms with Gasteiger partial charge in [-0.3, -0.25) is 33.0 Å². The van der Waals surface area contributed by atoms with Crippen LogP contribution in [0.15, 0.2) is 93.0 Å². The molecule has 3 amide bonds. The number of amides is 3. The average molecular weight is 2070 g/mol. The maximum atomic E-state index is 12.5. The number of aromatic nitrogens is 20. The molecule has 10 aromatic rings. The Bertz CT molecular complexity index is 6160. The molecule has 23 rings (SSSR count). The monoisotopic (exact) mass is 2060 g/mol. The van der Waals surface area contributed by atoms with Gasteiger partial charge in [-0.25, -0.2) is 42.4 Å². The van der Waals surface area contributed by atoms with Gasteiger partial charge in [0.05, 0.1) is 102 Å². The highest BCUT2D eigenvalue weighted by molar-refractivity contribution is 7.90. The Balaban J connectivity index is 0.000000113. The van der Waals surface area contributed by atoms with Crippen LogP contribution >= 0.6 is 58.0 Å². The molecule has 0 radical (unpaired) electrons. The summed E-state index contributed by atoms with van der Waals surface area (Å²) in [6, 6.07) is 1.58. The lowest BCUT2D eigenvalue weighted by molar-refractivity contribution is -0.132. The molecule has 8 saturated carbocycles. The Hall–Kier alpha value is -11.0. The molecule has 0 aromatic carbocycles. The van der Waals surface area contributed by atoms with Gasteiger partial charge in [-0.05, 0) is 180 Å². The van der Waals surface area contributed by atoms with Gasteiger partial charge in [0.2, 0.25) is 51.6 Å². The van der Waals surface area contributed by atoms with Crippen LogP contribution in [-0.2, 0) is 59.6 Å². The fourth-order valence-electron chi connectivity index (χ4n) is 22.4. The van der Waals surface area contributed by atoms with Gasteiger partial charge in [-0.15, -0.1) is 0 Å². The summed E-state index contributed by atoms with van der Waals surface area (Å²) in [4.78, 5) is 89.2. The van der Waals surface area contributed by atoms with E-state index in [0.29, 0.717) is 198 Å². The molecule has 10 atom stereocenters. The van der Waals surface area contributed by atoms with E-state index in [1.165, 1.54) is 45.3 Å². The van der Waals surface area contributed by atoms with Gasteiger partial charge >= 0.3 is 6.09 Å². The molecule has 0 spiro atoms. The highest BCUT2D eigenvalue weighted by Gasteiger charge is 2.51. The first-order valence-corrected chi connectivity index (χ1v) is 53.1. The van der Waals surface area contributed by atoms with E-state index in [4.69, 9.17) is 62.7 Å². The van der Waals surface area contributed by atoms with Crippen LogP contribution in [-0.4, -0.2) is 263 Å². The summed E-state index contributed by atoms with van der Waals surface area (Å²) < 4.78 is 40.4. The largest absolute Gasteiger partial charge is 0.450 e. The van der Waals surface area contributed by atoms with Crippen LogP contribution in [0.5, 0.6) is 0 Å². The highest BCUT2D eigenvalue weighted by Crippen LogP contribution is 2.49. The zero-order valence-corrected chi connectivity index (χ0v) is 86.1. The Morgan fingerprint density at radius 3 is 0.901 bits per heavy atom. The molecule has 41 nitrogen and oxygen atoms in total. The van der Waals surface area contributed by atoms with Gasteiger partial charge in [-0.2, -0.15) is 50.4 Å². The van der Waals surface area contributed by atoms with Crippen LogP contribution < -0.4 is 53.2 Å². The summed E-state index contributed by atoms with van der Waals surface area (Å²) in [5, 5.41) is 56.3. The third kappa shape index (κ3) is 25.5. The number of nitrogens with one attached hydrogen (secondary N) is 10. The van der Waals surface area contributed by atoms with E-state index < -0.39 is 10.0 Å². The molecule has 10 N–H and O–H groups in total. The minimum atomic E-state index is -3.07. The molecule has 13 fully saturated rings. The minimum absolute atomic E-state index is 0.124. The summed E-state index contributed by atoms with van der Waals surface area (Å²) in [6.45, 7) is 19.2. The van der Waals surface area contributed by atoms with Crippen LogP contribution in [0.1, 0.15) is 137 Å². The fourth-order valence-corrected chi connectivity index (χ4v) is 25.1. The van der Waals surface area contributed by atoms with E-state index >= 15 is 0 Å². The third-order valence-corrected chi connectivity index (χ3v) is 33.0. The number of likely N-dealkylation sites (tertiary alicyclic amines) is 4. The second-order valence-electron chi connectivity index (χ2n) is 42.1. The number of hydrogen-bond acceptors (Lipinski definition) is 32. The number of nitrogens with zero attached hydrogens (tertiary/aromatic N) is 25. The van der Waals surface area contributed by atoms with E-state index in [2.05, 4.69) is 164 Å². The molecule has 5 saturated heterocycles. The smallest absolute Gasteiger partial charge is 0.409 e. The first kappa shape index (κ1) is 99.7. The van der Waals surface area contributed by atoms with Gasteiger partial charge in [0, 0.05) is 181 Å². The molecular weight excluding hydrogens is 1940 g/mol. The quantitative estimate of drug-likeness (QED) is 0.0229. The normalized spacial score (nSPS) is 25.6. The summed E-state index contributed by atoms with van der Waals surface area (Å²) >= 11 is 31.6. The number of halogens is 5. The average Bonchev–Trinajstić information content (AvgIpc) is 1.61. The SMILES string of the molecule is CCOC(=O)N1CC2CC(Nc3nc(Nc4cnn(C)c4)ncc3Cl)CC2C1.Cn1cc(Nc2ncc(Cl)c(NC3CC4CN(C(=O)C5CC5)CC4C3)n2)cn1.Cn1cc(Nc2ncc(Cl)c(NC3CC4CN(C(=O)CC5CC5)CC4C3)n2)cn1.Cn1cc(Nc2ncc(Cl)c(NC3CC4CN(CC(C)(C)C)CC4C3)n2)cn1.Cn1cc(Nc2ncc(Cl)c(NC3CC4CN(S(=O)(=O)C5CC5)CC4C3)n2)cn1. The van der Waals surface area contributed by atoms with Crippen molar-refractivity contribution in [3.05, 3.63) is 118 Å². The van der Waals surface area contributed by atoms with Gasteiger partial charge in [0.15, 0.2) is 29.1 Å². The number of rotatable bonds is 27. The molecule has 10 aromatic heterocycles. The Kier molecular flexibility index (Phi) is 30.3. The number of carbonyl (C=O) groups is 3. The van der Waals surface area contributed by atoms with Crippen molar-refractivity contribution in [1.29, 1.82) is 0 Å². The predicted octanol–water partition coefficient (Wildman–Crippen LogP) is 14.6. The van der Waals surface area contributed by atoms with Crippen LogP contribution in [0, 0.1) is 76.4 Å². The number of ether oxygens (including phenoxy) is 1. The van der Waals surface area contributed by atoms with E-state index in [0.717, 1.165) is 163 Å². The second kappa shape index (κ2) is 43.1. The maximum Gasteiger partial charge on any atom is 0.409 e. The fraction of sp³-hybridized carbons (Fsp3) is 0.600. The van der Waals surface area contributed by atoms with Gasteiger partial charge < -0.3 is 77.5 Å². The number of carbonyl (C=O) groups excluding carboxylic acids is 3. The van der Waals surface area contributed by atoms with E-state index in [9.17, 15) is 22.8 Å². The summed E-state index contributed by atoms with van der Waals surface area (Å²) in [6.07, 6.45) is 43.1. The molecule has 142 heavy (non-hydrogen) atoms. The van der Waals surface area contributed by atoms with Crippen molar-refractivity contribution < 1.29 is 27.5 Å². The van der Waals surface area contributed by atoms with Crippen molar-refractivity contribution in [2.75, 3.05) is 132 Å². The Labute approximate surface area is 851 Å². The molecule has 8 aliphatic carbocycles. The number of hydrogen-bond donors (Lipinski definition) is 10. The number of aryl methyl sites for hydroxylation is 5. The van der Waals surface area contributed by atoms with Gasteiger partial charge in [-0.1, -0.05) is 78.8 Å². The first-order valence-electron chi connectivity index (χ1n) is 49.7. The van der Waals surface area contributed by atoms with Crippen LogP contribution in [0.25, 0.3) is 0 Å². The first-order chi connectivity index (χ1) is 68.2. The lowest BCUT2D eigenvalue weighted by atomic mass is 9.96. The molecular formula is C95H128Cl5N35O6S. The van der Waals surface area contributed by atoms with Gasteiger partial charge in [0.1, 0.15) is 25.1 Å². The van der Waals surface area contributed by atoms with E-state index in [-0.39, 0.29) is 23.4 Å². The molecule has 13 aliphatic rings. The lowest BCUT2D eigenvalue weighted by Crippen LogP contribution is -2.33. The number of anilines is 15. The van der Waals surface area contributed by atoms with E-state index in [1.54, 1.807) is 89.7 Å². The van der Waals surface area contributed by atoms with Crippen LogP contribution in [0.2, 0.25) is 25.1 Å². The van der Waals surface area contributed by atoms with Crippen molar-refractivity contribution in [2.45, 2.75) is 172 Å². The molecule has 47 heteroatoms. The number of fused-ring (bicyclic) bond motifs is 5. The molecule has 15 heterocycles. The predicted molar refractivity (Wildman–Crippen MR) is 547 cm³/mol. The van der Waals surface area contributed by atoms with Crippen molar-refractivity contribution in [3.8, 4) is 0 Å². The van der Waals surface area contributed by atoms with Crippen molar-refractivity contribution in [3.63, 3.8) is 0 Å². The Morgan fingerprint density at radius 1 is 0.373 bits per heavy atom. The summed E-state index contributed by atoms with van der Waals surface area (Å²) in [5.74, 6) is 13.0. The minimum Gasteiger partial charge on any atom is -0.450 e. The number of sulfonamides is 1. The van der Waals surface area contributed by atoms with Crippen LogP contribution in [0.4, 0.5) is 92.1 Å². The zero-order valence-electron chi connectivity index (χ0n) is 81.5. The molecule has 10 unspecified atom stereocenters. The summed E-state index contributed by atoms with van der Waals surface area (Å²) in [5.41, 5.74) is 4.48. The van der Waals surface area contributed by atoms with Crippen molar-refractivity contribution in [1.82, 2.24) is 123 Å². The molecule has 760 valence electrons. The second-order valence-corrected chi connectivity index (χ2v) is 46.4. The zero-order chi connectivity index (χ0) is 98.9. The molecule has 0 bridgehead atoms. The lowest BCUT2D eigenvalue weighted by Gasteiger charge is -2.27. The van der Waals surface area contributed by atoms with E-state index in [1.807, 2.05) is 78.0 Å². The third-order valence-electron chi connectivity index (χ3n) is 29.3. The highest BCUT2D eigenvalue weighted by atomic mass is 35.5. The standard InChI is InChI=1S/C20H26ClN7O.C20H30ClN7.C19H24ClN7O.C18H24ClN7O2S.C18H24ClN7O2/c1-27-11-16(7-23-27)25-20-22-8-17(21)19(26-20)24-15-5-13-9-28(10-14(13)6-15)18(29)4-12-2-3-12;1-20(2,3)12-28-9-13-5-15(6-14(13)10-28)24-18-17(21)8-22-19(26-18)25-16-7-23-27(4)11-16;1-26-10-15(6-22-26)24-19-21-7-16(20)17(25-19)23-14-4-12-8-27(9-13(12)5-14)18(28)11-2-3-11;1-25-10-14(6-21-25)23-18-20-7-16(19)17(24-18)22-13-4-11-8-26(9-12(11)5-13)29(27,28)15-2-3-15;1-3-28-18(27)26-8-11-4-13(5-12(11)9-26)22-16-15(19)7-20-17(24-16)23-14-6-21-25(2)10-14/h7-8,11-15H,2-6,9-10H2,1H3,(H2,22,24,25,26);7-8,11,13-15H,5-6,9-10,12H2,1-4H3,(H2,22,24,25,26);6-7,10-14H,2-5,8-9H2,1H3,(H2,21,23,24,25);6-7,10-13,15H,2-5,8-9H2,1H3,(H2,20,22,23,24);6-7,10-13H,3-5,8-9H2,1-2H3,(H2,20,22,23,24). The summed E-state index contributed by atoms with van der Waals surface area (Å²) in [7, 11) is 6.22. The Morgan fingerprint density at radius 2 is 0.648 bits per heavy atom. The topological polar surface area (TPSA) is 449 Å². The van der Waals surface area contributed by atoms with Crippen molar-refractivity contribution >= 4 is 173 Å².